The first-order valence-electron chi connectivity index (χ1n) is 11.8. The molecule has 0 aromatic heterocycles. The van der Waals surface area contributed by atoms with Crippen molar-refractivity contribution in [3.8, 4) is 5.75 Å². The van der Waals surface area contributed by atoms with Gasteiger partial charge in [0.2, 0.25) is 0 Å². The molecule has 2 unspecified atom stereocenters. The van der Waals surface area contributed by atoms with Gasteiger partial charge in [-0.15, -0.1) is 0 Å². The molecule has 0 bridgehead atoms. The number of rotatable bonds is 12. The molecule has 1 fully saturated rings. The van der Waals surface area contributed by atoms with Gasteiger partial charge in [0.1, 0.15) is 5.75 Å². The number of alkyl halides is 3. The van der Waals surface area contributed by atoms with Crippen molar-refractivity contribution in [3.05, 3.63) is 65.2 Å². The van der Waals surface area contributed by atoms with Crippen LogP contribution in [0.2, 0.25) is 0 Å². The van der Waals surface area contributed by atoms with E-state index in [1.165, 1.54) is 12.1 Å². The third-order valence-electron chi connectivity index (χ3n) is 6.07. The minimum Gasteiger partial charge on any atom is -0.494 e. The zero-order chi connectivity index (χ0) is 26.3. The second-order valence-electron chi connectivity index (χ2n) is 8.81. The van der Waals surface area contributed by atoms with E-state index < -0.39 is 23.8 Å². The van der Waals surface area contributed by atoms with E-state index in [1.807, 2.05) is 6.92 Å². The van der Waals surface area contributed by atoms with Gasteiger partial charge in [-0.3, -0.25) is 0 Å². The van der Waals surface area contributed by atoms with Gasteiger partial charge in [0.05, 0.1) is 18.2 Å². The Kier molecular flexibility index (Phi) is 9.19. The maximum atomic E-state index is 12.8. The molecular formula is C26H31F3N2O5. The van der Waals surface area contributed by atoms with Crippen molar-refractivity contribution in [3.63, 3.8) is 0 Å². The molecule has 0 spiro atoms. The van der Waals surface area contributed by atoms with Crippen LogP contribution in [0.1, 0.15) is 36.5 Å². The van der Waals surface area contributed by atoms with E-state index >= 15 is 0 Å². The standard InChI is InChI=1S/C26H31F3N2O5/c1-3-13-36-23(24(32)33)15-18-6-10-22(11-7-18)35-14-12-21-17-31(25(34)30(21)2)16-19-4-8-20(9-5-19)26(27,28)29/h4-11,21,23H,3,12-17H2,1-2H3,(H,32,33). The molecule has 7 nitrogen and oxygen atoms in total. The molecule has 2 amide bonds. The quantitative estimate of drug-likeness (QED) is 0.444. The van der Waals surface area contributed by atoms with E-state index in [1.54, 1.807) is 41.1 Å². The highest BCUT2D eigenvalue weighted by molar-refractivity contribution is 5.77. The molecule has 1 aliphatic rings. The van der Waals surface area contributed by atoms with Crippen molar-refractivity contribution in [2.45, 2.75) is 51.1 Å². The molecule has 0 aliphatic carbocycles. The number of carbonyl (C=O) groups is 2. The summed E-state index contributed by atoms with van der Waals surface area (Å²) in [5.74, 6) is -0.361. The van der Waals surface area contributed by atoms with E-state index in [9.17, 15) is 27.9 Å². The number of carboxylic acids is 1. The minimum absolute atomic E-state index is 0.0849. The summed E-state index contributed by atoms with van der Waals surface area (Å²) in [6.07, 6.45) is -3.70. The van der Waals surface area contributed by atoms with Gasteiger partial charge in [0.25, 0.3) is 0 Å². The van der Waals surface area contributed by atoms with Gasteiger partial charge in [-0.2, -0.15) is 13.2 Å². The Morgan fingerprint density at radius 2 is 1.72 bits per heavy atom. The van der Waals surface area contributed by atoms with E-state index in [4.69, 9.17) is 9.47 Å². The fraction of sp³-hybridized carbons (Fsp3) is 0.462. The Morgan fingerprint density at radius 3 is 2.31 bits per heavy atom. The van der Waals surface area contributed by atoms with Crippen LogP contribution in [0.25, 0.3) is 0 Å². The van der Waals surface area contributed by atoms with Crippen LogP contribution < -0.4 is 4.74 Å². The number of urea groups is 1. The number of benzene rings is 2. The van der Waals surface area contributed by atoms with Gasteiger partial charge in [0, 0.05) is 39.6 Å². The number of halogens is 3. The molecule has 2 aromatic rings. The number of hydrogen-bond acceptors (Lipinski definition) is 4. The number of hydrogen-bond donors (Lipinski definition) is 1. The molecule has 10 heteroatoms. The Balaban J connectivity index is 1.47. The van der Waals surface area contributed by atoms with Crippen LogP contribution in [-0.2, 0) is 28.7 Å². The monoisotopic (exact) mass is 508 g/mol. The van der Waals surface area contributed by atoms with Crippen molar-refractivity contribution < 1.29 is 37.3 Å². The van der Waals surface area contributed by atoms with E-state index in [0.717, 1.165) is 24.1 Å². The third-order valence-corrected chi connectivity index (χ3v) is 6.07. The molecule has 0 saturated carbocycles. The summed E-state index contributed by atoms with van der Waals surface area (Å²) < 4.78 is 49.5. The zero-order valence-electron chi connectivity index (χ0n) is 20.3. The van der Waals surface area contributed by atoms with Crippen LogP contribution in [0.15, 0.2) is 48.5 Å². The smallest absolute Gasteiger partial charge is 0.416 e. The molecule has 0 radical (unpaired) electrons. The summed E-state index contributed by atoms with van der Waals surface area (Å²) in [6, 6.07) is 11.7. The van der Waals surface area contributed by atoms with Crippen LogP contribution >= 0.6 is 0 Å². The van der Waals surface area contributed by atoms with Gasteiger partial charge in [-0.25, -0.2) is 9.59 Å². The number of carbonyl (C=O) groups excluding carboxylic acids is 1. The Labute approximate surface area is 208 Å². The summed E-state index contributed by atoms with van der Waals surface area (Å²) in [6.45, 7) is 3.36. The predicted octanol–water partition coefficient (Wildman–Crippen LogP) is 4.83. The highest BCUT2D eigenvalue weighted by Crippen LogP contribution is 2.29. The largest absolute Gasteiger partial charge is 0.494 e. The number of ether oxygens (including phenoxy) is 2. The van der Waals surface area contributed by atoms with Crippen LogP contribution in [0.4, 0.5) is 18.0 Å². The molecule has 1 N–H and O–H groups in total. The predicted molar refractivity (Wildman–Crippen MR) is 127 cm³/mol. The third kappa shape index (κ3) is 7.36. The van der Waals surface area contributed by atoms with E-state index in [2.05, 4.69) is 0 Å². The van der Waals surface area contributed by atoms with Crippen molar-refractivity contribution >= 4 is 12.0 Å². The summed E-state index contributed by atoms with van der Waals surface area (Å²) >= 11 is 0. The summed E-state index contributed by atoms with van der Waals surface area (Å²) in [4.78, 5) is 27.2. The molecular weight excluding hydrogens is 477 g/mol. The lowest BCUT2D eigenvalue weighted by Crippen LogP contribution is -2.31. The summed E-state index contributed by atoms with van der Waals surface area (Å²) in [5.41, 5.74) is 0.739. The highest BCUT2D eigenvalue weighted by Gasteiger charge is 2.34. The maximum Gasteiger partial charge on any atom is 0.416 e. The van der Waals surface area contributed by atoms with Crippen molar-refractivity contribution in [2.75, 3.05) is 26.8 Å². The number of nitrogens with zero attached hydrogens (tertiary/aromatic N) is 2. The molecule has 2 atom stereocenters. The molecule has 1 saturated heterocycles. The molecule has 1 heterocycles. The number of carboxylic acid groups (broad SMARTS) is 1. The molecule has 36 heavy (non-hydrogen) atoms. The number of amides is 2. The minimum atomic E-state index is -4.39. The summed E-state index contributed by atoms with van der Waals surface area (Å²) in [7, 11) is 1.70. The topological polar surface area (TPSA) is 79.3 Å². The maximum absolute atomic E-state index is 12.8. The van der Waals surface area contributed by atoms with Gasteiger partial charge >= 0.3 is 18.2 Å². The number of likely N-dealkylation sites (N-methyl/N-ethyl adjacent to an activating group) is 1. The molecule has 3 rings (SSSR count). The Morgan fingerprint density at radius 1 is 1.08 bits per heavy atom. The molecule has 2 aromatic carbocycles. The SMILES string of the molecule is CCCOC(Cc1ccc(OCCC2CN(Cc3ccc(C(F)(F)F)cc3)C(=O)N2C)cc1)C(=O)O. The van der Waals surface area contributed by atoms with Crippen LogP contribution in [-0.4, -0.2) is 65.9 Å². The molecule has 1 aliphatic heterocycles. The number of aliphatic carboxylic acids is 1. The average molecular weight is 509 g/mol. The van der Waals surface area contributed by atoms with Gasteiger partial charge in [-0.05, 0) is 41.8 Å². The first-order chi connectivity index (χ1) is 17.1. The molecule has 196 valence electrons. The second-order valence-corrected chi connectivity index (χ2v) is 8.81. The van der Waals surface area contributed by atoms with E-state index in [0.29, 0.717) is 37.5 Å². The fourth-order valence-electron chi connectivity index (χ4n) is 4.00. The van der Waals surface area contributed by atoms with Gasteiger partial charge in [0.15, 0.2) is 6.10 Å². The Bertz CT molecular complexity index is 1010. The first-order valence-corrected chi connectivity index (χ1v) is 11.8. The van der Waals surface area contributed by atoms with Crippen molar-refractivity contribution in [1.82, 2.24) is 9.80 Å². The van der Waals surface area contributed by atoms with Gasteiger partial charge < -0.3 is 24.4 Å². The lowest BCUT2D eigenvalue weighted by atomic mass is 10.1. The lowest BCUT2D eigenvalue weighted by Gasteiger charge is -2.18. The second kappa shape index (κ2) is 12.1. The lowest BCUT2D eigenvalue weighted by molar-refractivity contribution is -0.150. The zero-order valence-corrected chi connectivity index (χ0v) is 20.3. The normalized spacial score (nSPS) is 16.9. The summed E-state index contributed by atoms with van der Waals surface area (Å²) in [5, 5.41) is 9.30. The van der Waals surface area contributed by atoms with Crippen molar-refractivity contribution in [2.24, 2.45) is 0 Å². The first kappa shape index (κ1) is 27.3. The average Bonchev–Trinajstić information content (AvgIpc) is 3.10. The van der Waals surface area contributed by atoms with Crippen LogP contribution in [0, 0.1) is 0 Å². The van der Waals surface area contributed by atoms with Crippen molar-refractivity contribution in [1.29, 1.82) is 0 Å². The van der Waals surface area contributed by atoms with Gasteiger partial charge in [-0.1, -0.05) is 31.2 Å². The highest BCUT2D eigenvalue weighted by atomic mass is 19.4. The Hall–Kier alpha value is -3.27. The van der Waals surface area contributed by atoms with Crippen LogP contribution in [0.3, 0.4) is 0 Å². The van der Waals surface area contributed by atoms with E-state index in [-0.39, 0.29) is 25.0 Å². The van der Waals surface area contributed by atoms with Crippen LogP contribution in [0.5, 0.6) is 5.75 Å². The fourth-order valence-corrected chi connectivity index (χ4v) is 4.00.